The molecular formula is C24H29N3O3S. The van der Waals surface area contributed by atoms with Crippen LogP contribution in [0.2, 0.25) is 0 Å². The van der Waals surface area contributed by atoms with Gasteiger partial charge in [-0.15, -0.1) is 0 Å². The first-order valence-corrected chi connectivity index (χ1v) is 11.7. The fourth-order valence-corrected chi connectivity index (χ4v) is 3.93. The molecule has 0 fully saturated rings. The van der Waals surface area contributed by atoms with Crippen LogP contribution >= 0.6 is 11.8 Å². The number of imidazole rings is 1. The minimum absolute atomic E-state index is 0.0787. The molecule has 6 nitrogen and oxygen atoms in total. The van der Waals surface area contributed by atoms with Gasteiger partial charge in [0, 0.05) is 0 Å². The highest BCUT2D eigenvalue weighted by molar-refractivity contribution is 7.97. The number of hydrogen-bond donors (Lipinski definition) is 1. The van der Waals surface area contributed by atoms with Crippen LogP contribution in [-0.4, -0.2) is 33.8 Å². The Bertz CT molecular complexity index is 1040. The lowest BCUT2D eigenvalue weighted by molar-refractivity contribution is -0.148. The highest BCUT2D eigenvalue weighted by atomic mass is 32.2. The Hall–Kier alpha value is -2.80. The van der Waals surface area contributed by atoms with Crippen LogP contribution in [0.1, 0.15) is 43.3 Å². The molecule has 0 saturated carbocycles. The summed E-state index contributed by atoms with van der Waals surface area (Å²) >= 11 is 1.66. The number of aryl methyl sites for hydroxylation is 1. The van der Waals surface area contributed by atoms with E-state index in [9.17, 15) is 9.59 Å². The average molecular weight is 440 g/mol. The van der Waals surface area contributed by atoms with E-state index in [4.69, 9.17) is 4.74 Å². The van der Waals surface area contributed by atoms with Crippen LogP contribution in [0.5, 0.6) is 0 Å². The van der Waals surface area contributed by atoms with E-state index in [-0.39, 0.29) is 30.9 Å². The molecule has 3 rings (SSSR count). The van der Waals surface area contributed by atoms with E-state index in [1.807, 2.05) is 80.1 Å². The number of thioether (sulfide) groups is 1. The molecule has 0 aliphatic heterocycles. The van der Waals surface area contributed by atoms with E-state index >= 15 is 0 Å². The molecule has 0 spiro atoms. The number of esters is 1. The summed E-state index contributed by atoms with van der Waals surface area (Å²) in [6.07, 6.45) is 1.89. The molecule has 3 aromatic rings. The smallest absolute Gasteiger partial charge is 0.308 e. The van der Waals surface area contributed by atoms with E-state index < -0.39 is 6.04 Å². The van der Waals surface area contributed by atoms with Gasteiger partial charge in [-0.1, -0.05) is 42.0 Å². The number of amides is 1. The summed E-state index contributed by atoms with van der Waals surface area (Å²) in [7, 11) is 0. The lowest BCUT2D eigenvalue weighted by atomic mass is 10.0. The average Bonchev–Trinajstić information content (AvgIpc) is 3.05. The number of nitrogens with zero attached hydrogens (tertiary/aromatic N) is 2. The van der Waals surface area contributed by atoms with Gasteiger partial charge in [0.2, 0.25) is 5.91 Å². The summed E-state index contributed by atoms with van der Waals surface area (Å²) in [4.78, 5) is 30.0. The highest BCUT2D eigenvalue weighted by Crippen LogP contribution is 2.21. The van der Waals surface area contributed by atoms with Gasteiger partial charge in [-0.3, -0.25) is 9.59 Å². The summed E-state index contributed by atoms with van der Waals surface area (Å²) in [5, 5.41) is 3.03. The molecule has 31 heavy (non-hydrogen) atoms. The first-order chi connectivity index (χ1) is 14.9. The zero-order valence-electron chi connectivity index (χ0n) is 18.4. The molecule has 1 amide bonds. The van der Waals surface area contributed by atoms with Gasteiger partial charge in [0.25, 0.3) is 0 Å². The lowest BCUT2D eigenvalue weighted by Gasteiger charge is -2.20. The van der Waals surface area contributed by atoms with Crippen molar-refractivity contribution >= 4 is 34.7 Å². The number of nitrogens with one attached hydrogen (secondary N) is 1. The number of benzene rings is 2. The third-order valence-electron chi connectivity index (χ3n) is 4.86. The molecule has 1 unspecified atom stereocenters. The first-order valence-electron chi connectivity index (χ1n) is 10.4. The van der Waals surface area contributed by atoms with Gasteiger partial charge in [0.05, 0.1) is 35.4 Å². The van der Waals surface area contributed by atoms with Gasteiger partial charge in [-0.2, -0.15) is 11.8 Å². The number of rotatable bonds is 9. The van der Waals surface area contributed by atoms with Crippen molar-refractivity contribution in [3.8, 4) is 0 Å². The lowest BCUT2D eigenvalue weighted by Crippen LogP contribution is -2.33. The summed E-state index contributed by atoms with van der Waals surface area (Å²) in [6.45, 7) is 5.77. The summed E-state index contributed by atoms with van der Waals surface area (Å²) < 4.78 is 7.26. The number of carbonyl (C=O) groups excluding carboxylic acids is 2. The number of carbonyl (C=O) groups is 2. The van der Waals surface area contributed by atoms with Gasteiger partial charge < -0.3 is 14.6 Å². The standard InChI is InChI=1S/C24H29N3O3S/c1-16(2)30-24(29)13-20(18-11-9-17(3)10-12-18)26-23(28)14-27-21-8-6-5-7-19(21)25-22(27)15-31-4/h5-12,16,20H,13-15H2,1-4H3,(H,26,28). The van der Waals surface area contributed by atoms with Crippen molar-refractivity contribution in [2.45, 2.75) is 51.6 Å². The molecule has 0 aliphatic rings. The SMILES string of the molecule is CSCc1nc2ccccc2n1CC(=O)NC(CC(=O)OC(C)C)c1ccc(C)cc1. The third-order valence-corrected chi connectivity index (χ3v) is 5.41. The summed E-state index contributed by atoms with van der Waals surface area (Å²) in [6, 6.07) is 15.2. The molecule has 1 atom stereocenters. The zero-order valence-corrected chi connectivity index (χ0v) is 19.2. The van der Waals surface area contributed by atoms with Gasteiger partial charge in [0.1, 0.15) is 12.4 Å². The quantitative estimate of drug-likeness (QED) is 0.500. The monoisotopic (exact) mass is 439 g/mol. The second-order valence-electron chi connectivity index (χ2n) is 7.81. The molecule has 7 heteroatoms. The molecule has 164 valence electrons. The topological polar surface area (TPSA) is 73.2 Å². The Morgan fingerprint density at radius 2 is 1.84 bits per heavy atom. The molecule has 2 aromatic carbocycles. The molecule has 0 saturated heterocycles. The molecule has 1 N–H and O–H groups in total. The Morgan fingerprint density at radius 1 is 1.13 bits per heavy atom. The van der Waals surface area contributed by atoms with Crippen molar-refractivity contribution in [1.29, 1.82) is 0 Å². The van der Waals surface area contributed by atoms with Crippen molar-refractivity contribution in [3.63, 3.8) is 0 Å². The fraction of sp³-hybridized carbons (Fsp3) is 0.375. The van der Waals surface area contributed by atoms with Crippen LogP contribution in [0.4, 0.5) is 0 Å². The molecule has 1 heterocycles. The Morgan fingerprint density at radius 3 is 2.52 bits per heavy atom. The highest BCUT2D eigenvalue weighted by Gasteiger charge is 2.21. The van der Waals surface area contributed by atoms with Crippen LogP contribution in [-0.2, 0) is 26.6 Å². The number of hydrogen-bond acceptors (Lipinski definition) is 5. The van der Waals surface area contributed by atoms with Crippen LogP contribution in [0.15, 0.2) is 48.5 Å². The van der Waals surface area contributed by atoms with Gasteiger partial charge in [0.15, 0.2) is 0 Å². The maximum absolute atomic E-state index is 13.0. The fourth-order valence-electron chi connectivity index (χ4n) is 3.45. The molecule has 1 aromatic heterocycles. The van der Waals surface area contributed by atoms with Gasteiger partial charge in [-0.25, -0.2) is 4.98 Å². The maximum atomic E-state index is 13.0. The summed E-state index contributed by atoms with van der Waals surface area (Å²) in [5.41, 5.74) is 3.78. The first kappa shape index (κ1) is 22.9. The predicted molar refractivity (Wildman–Crippen MR) is 125 cm³/mol. The number of fused-ring (bicyclic) bond motifs is 1. The van der Waals surface area contributed by atoms with E-state index in [0.29, 0.717) is 5.75 Å². The van der Waals surface area contributed by atoms with E-state index in [2.05, 4.69) is 10.3 Å². The van der Waals surface area contributed by atoms with Gasteiger partial charge >= 0.3 is 5.97 Å². The second-order valence-corrected chi connectivity index (χ2v) is 8.68. The van der Waals surface area contributed by atoms with E-state index in [1.165, 1.54) is 0 Å². The molecule has 0 radical (unpaired) electrons. The molecule has 0 aliphatic carbocycles. The largest absolute Gasteiger partial charge is 0.463 e. The van der Waals surface area contributed by atoms with Crippen molar-refractivity contribution in [2.75, 3.05) is 6.26 Å². The van der Waals surface area contributed by atoms with Crippen LogP contribution in [0, 0.1) is 6.92 Å². The number of ether oxygens (including phenoxy) is 1. The van der Waals surface area contributed by atoms with Crippen LogP contribution in [0.25, 0.3) is 11.0 Å². The van der Waals surface area contributed by atoms with Gasteiger partial charge in [-0.05, 0) is 44.7 Å². The summed E-state index contributed by atoms with van der Waals surface area (Å²) in [5.74, 6) is 1.06. The zero-order chi connectivity index (χ0) is 22.4. The Balaban J connectivity index is 1.82. The minimum atomic E-state index is -0.460. The van der Waals surface area contributed by atoms with Crippen molar-refractivity contribution in [3.05, 3.63) is 65.5 Å². The third kappa shape index (κ3) is 6.10. The van der Waals surface area contributed by atoms with Crippen LogP contribution < -0.4 is 5.32 Å². The Labute approximate surface area is 187 Å². The van der Waals surface area contributed by atoms with E-state index in [0.717, 1.165) is 28.0 Å². The van der Waals surface area contributed by atoms with Crippen LogP contribution in [0.3, 0.4) is 0 Å². The molecular weight excluding hydrogens is 410 g/mol. The number of para-hydroxylation sites is 2. The van der Waals surface area contributed by atoms with Crippen molar-refractivity contribution in [1.82, 2.24) is 14.9 Å². The van der Waals surface area contributed by atoms with Crippen molar-refractivity contribution in [2.24, 2.45) is 0 Å². The normalized spacial score (nSPS) is 12.2. The number of aromatic nitrogens is 2. The Kier molecular flexibility index (Phi) is 7.74. The predicted octanol–water partition coefficient (Wildman–Crippen LogP) is 4.41. The second kappa shape index (κ2) is 10.5. The minimum Gasteiger partial charge on any atom is -0.463 e. The maximum Gasteiger partial charge on any atom is 0.308 e. The van der Waals surface area contributed by atoms with Crippen molar-refractivity contribution < 1.29 is 14.3 Å². The van der Waals surface area contributed by atoms with E-state index in [1.54, 1.807) is 11.8 Å². The molecule has 0 bridgehead atoms.